The fraction of sp³-hybridized carbons (Fsp3) is 0.143. The Labute approximate surface area is 68.9 Å². The van der Waals surface area contributed by atoms with Crippen molar-refractivity contribution in [3.8, 4) is 5.75 Å². The van der Waals surface area contributed by atoms with Crippen molar-refractivity contribution in [1.29, 1.82) is 0 Å². The molecule has 0 fully saturated rings. The molecule has 0 aliphatic rings. The van der Waals surface area contributed by atoms with Crippen LogP contribution in [0, 0.1) is 6.92 Å². The first kappa shape index (κ1) is 7.69. The van der Waals surface area contributed by atoms with Gasteiger partial charge in [0.05, 0.1) is 10.2 Å². The van der Waals surface area contributed by atoms with Gasteiger partial charge in [0.25, 0.3) is 0 Å². The Bertz CT molecular complexity index is 237. The van der Waals surface area contributed by atoms with Gasteiger partial charge in [-0.15, -0.1) is 12.6 Å². The Balaban J connectivity index is 3.31. The molecule has 0 spiro atoms. The monoisotopic (exact) mass is 167 g/mol. The fourth-order valence-corrected chi connectivity index (χ4v) is 1.32. The number of phenolic OH excluding ortho intramolecular Hbond substituents is 1. The van der Waals surface area contributed by atoms with Gasteiger partial charge in [-0.2, -0.15) is 0 Å². The van der Waals surface area contributed by atoms with E-state index >= 15 is 0 Å². The van der Waals surface area contributed by atoms with Crippen molar-refractivity contribution >= 4 is 28.1 Å². The molecular weight excluding hydrogens is 160 g/mol. The normalized spacial score (nSPS) is 9.90. The maximum Gasteiger partial charge on any atom is 0.116 e. The Hall–Kier alpha value is -0.413. The molecule has 0 amide bonds. The van der Waals surface area contributed by atoms with Crippen LogP contribution >= 0.6 is 12.6 Å². The van der Waals surface area contributed by atoms with Crippen molar-refractivity contribution < 1.29 is 5.11 Å². The molecule has 0 unspecified atom stereocenters. The van der Waals surface area contributed by atoms with Crippen molar-refractivity contribution in [2.45, 2.75) is 11.8 Å². The first-order chi connectivity index (χ1) is 4.61. The largest absolute Gasteiger partial charge is 0.508 e. The first-order valence-corrected chi connectivity index (χ1v) is 3.80. The maximum atomic E-state index is 9.04. The summed E-state index contributed by atoms with van der Waals surface area (Å²) in [6.45, 7) is 1.93. The third kappa shape index (κ3) is 1.35. The van der Waals surface area contributed by atoms with E-state index in [1.54, 1.807) is 12.1 Å². The van der Waals surface area contributed by atoms with Gasteiger partial charge in [0.2, 0.25) is 0 Å². The summed E-state index contributed by atoms with van der Waals surface area (Å²) in [5.41, 5.74) is 1.04. The zero-order chi connectivity index (χ0) is 7.72. The lowest BCUT2D eigenvalue weighted by atomic mass is 10.2. The van der Waals surface area contributed by atoms with Gasteiger partial charge in [-0.1, -0.05) is 5.19 Å². The topological polar surface area (TPSA) is 20.2 Å². The van der Waals surface area contributed by atoms with Gasteiger partial charge in [-0.3, -0.25) is 0 Å². The van der Waals surface area contributed by atoms with Crippen molar-refractivity contribution in [1.82, 2.24) is 0 Å². The number of hydrogen-bond donors (Lipinski definition) is 2. The molecule has 1 aromatic rings. The van der Waals surface area contributed by atoms with Crippen LogP contribution in [0.5, 0.6) is 5.75 Å². The molecular formula is C7H7OSSi. The first-order valence-electron chi connectivity index (χ1n) is 2.85. The minimum atomic E-state index is 0.237. The molecule has 51 valence electrons. The van der Waals surface area contributed by atoms with Crippen molar-refractivity contribution in [3.05, 3.63) is 17.7 Å². The van der Waals surface area contributed by atoms with E-state index in [4.69, 9.17) is 5.11 Å². The average molecular weight is 167 g/mol. The van der Waals surface area contributed by atoms with Crippen LogP contribution in [0.4, 0.5) is 0 Å². The summed E-state index contributed by atoms with van der Waals surface area (Å²) in [5, 5.41) is 9.92. The number of rotatable bonds is 0. The van der Waals surface area contributed by atoms with Crippen LogP contribution in [0.1, 0.15) is 5.56 Å². The third-order valence-corrected chi connectivity index (χ3v) is 2.35. The van der Waals surface area contributed by atoms with E-state index in [2.05, 4.69) is 22.9 Å². The van der Waals surface area contributed by atoms with Crippen LogP contribution in [-0.2, 0) is 0 Å². The highest BCUT2D eigenvalue weighted by Gasteiger charge is 1.98. The van der Waals surface area contributed by atoms with Gasteiger partial charge in [-0.25, -0.2) is 0 Å². The average Bonchev–Trinajstić information content (AvgIpc) is 1.82. The predicted octanol–water partition coefficient (Wildman–Crippen LogP) is 0.783. The third-order valence-electron chi connectivity index (χ3n) is 1.37. The molecule has 1 rings (SSSR count). The van der Waals surface area contributed by atoms with Crippen LogP contribution in [-0.4, -0.2) is 15.3 Å². The lowest BCUT2D eigenvalue weighted by molar-refractivity contribution is 0.474. The highest BCUT2D eigenvalue weighted by atomic mass is 32.1. The molecule has 0 aromatic heterocycles. The quantitative estimate of drug-likeness (QED) is 0.432. The number of thiol groups is 1. The van der Waals surface area contributed by atoms with E-state index in [1.165, 1.54) is 0 Å². The highest BCUT2D eigenvalue weighted by Crippen LogP contribution is 2.16. The number of aromatic hydroxyl groups is 1. The van der Waals surface area contributed by atoms with E-state index in [9.17, 15) is 0 Å². The lowest BCUT2D eigenvalue weighted by Gasteiger charge is -2.02. The molecule has 0 aliphatic heterocycles. The van der Waals surface area contributed by atoms with Crippen LogP contribution in [0.25, 0.3) is 0 Å². The zero-order valence-corrected chi connectivity index (χ0v) is 7.44. The summed E-state index contributed by atoms with van der Waals surface area (Å²) in [5.74, 6) is 0.237. The van der Waals surface area contributed by atoms with E-state index in [1.807, 2.05) is 6.92 Å². The molecule has 0 aliphatic carbocycles. The molecule has 0 atom stereocenters. The minimum absolute atomic E-state index is 0.237. The van der Waals surface area contributed by atoms with E-state index in [-0.39, 0.29) is 5.75 Å². The standard InChI is InChI=1S/C7H7OSSi/c1-4-6(9)2-5(8)3-7(4)10/h2-3,8-9H,1H3. The maximum absolute atomic E-state index is 9.04. The Kier molecular flexibility index (Phi) is 2.06. The predicted molar refractivity (Wildman–Crippen MR) is 45.5 cm³/mol. The molecule has 10 heavy (non-hydrogen) atoms. The summed E-state index contributed by atoms with van der Waals surface area (Å²) in [4.78, 5) is 0.796. The molecule has 3 radical (unpaired) electrons. The SMILES string of the molecule is Cc1c([Si])cc(O)cc1S. The molecule has 1 N–H and O–H groups in total. The Morgan fingerprint density at radius 2 is 2.10 bits per heavy atom. The van der Waals surface area contributed by atoms with E-state index in [0.29, 0.717) is 0 Å². The summed E-state index contributed by atoms with van der Waals surface area (Å²) in [6, 6.07) is 3.26. The second kappa shape index (κ2) is 2.68. The number of phenols is 1. The second-order valence-corrected chi connectivity index (χ2v) is 3.16. The van der Waals surface area contributed by atoms with Crippen molar-refractivity contribution in [2.75, 3.05) is 0 Å². The van der Waals surface area contributed by atoms with E-state index in [0.717, 1.165) is 15.6 Å². The molecule has 1 nitrogen and oxygen atoms in total. The summed E-state index contributed by atoms with van der Waals surface area (Å²) in [6.07, 6.45) is 0. The van der Waals surface area contributed by atoms with Gasteiger partial charge in [-0.05, 0) is 24.6 Å². The molecule has 0 saturated heterocycles. The van der Waals surface area contributed by atoms with E-state index < -0.39 is 0 Å². The Morgan fingerprint density at radius 1 is 1.50 bits per heavy atom. The van der Waals surface area contributed by atoms with Gasteiger partial charge in [0.1, 0.15) is 5.75 Å². The van der Waals surface area contributed by atoms with Gasteiger partial charge in [0.15, 0.2) is 0 Å². The van der Waals surface area contributed by atoms with Crippen molar-refractivity contribution in [3.63, 3.8) is 0 Å². The van der Waals surface area contributed by atoms with Crippen LogP contribution in [0.3, 0.4) is 0 Å². The highest BCUT2D eigenvalue weighted by molar-refractivity contribution is 7.80. The zero-order valence-electron chi connectivity index (χ0n) is 5.55. The minimum Gasteiger partial charge on any atom is -0.508 e. The number of benzene rings is 1. The smallest absolute Gasteiger partial charge is 0.116 e. The second-order valence-electron chi connectivity index (χ2n) is 2.14. The molecule has 1 aromatic carbocycles. The molecule has 0 saturated carbocycles. The van der Waals surface area contributed by atoms with Gasteiger partial charge < -0.3 is 5.11 Å². The van der Waals surface area contributed by atoms with Crippen LogP contribution < -0.4 is 5.19 Å². The van der Waals surface area contributed by atoms with Crippen LogP contribution in [0.15, 0.2) is 17.0 Å². The molecule has 0 bridgehead atoms. The van der Waals surface area contributed by atoms with Gasteiger partial charge in [0, 0.05) is 4.90 Å². The molecule has 0 heterocycles. The summed E-state index contributed by atoms with van der Waals surface area (Å²) < 4.78 is 0. The Morgan fingerprint density at radius 3 is 2.60 bits per heavy atom. The number of hydrogen-bond acceptors (Lipinski definition) is 2. The van der Waals surface area contributed by atoms with Crippen LogP contribution in [0.2, 0.25) is 0 Å². The lowest BCUT2D eigenvalue weighted by Crippen LogP contribution is -2.06. The molecule has 3 heteroatoms. The fourth-order valence-electron chi connectivity index (χ4n) is 0.684. The summed E-state index contributed by atoms with van der Waals surface area (Å²) in [7, 11) is 3.34. The summed E-state index contributed by atoms with van der Waals surface area (Å²) >= 11 is 4.15. The van der Waals surface area contributed by atoms with Crippen molar-refractivity contribution in [2.24, 2.45) is 0 Å². The van der Waals surface area contributed by atoms with Gasteiger partial charge >= 0.3 is 0 Å².